The maximum atomic E-state index is 13.7. The molecule has 2 aromatic carbocycles. The van der Waals surface area contributed by atoms with Gasteiger partial charge in [0, 0.05) is 0 Å². The van der Waals surface area contributed by atoms with E-state index in [0.717, 1.165) is 24.3 Å². The second-order valence-electron chi connectivity index (χ2n) is 4.19. The summed E-state index contributed by atoms with van der Waals surface area (Å²) in [7, 11) is -0.721. The lowest BCUT2D eigenvalue weighted by molar-refractivity contribution is 0.110. The first-order valence-corrected chi connectivity index (χ1v) is 6.11. The molecule has 0 N–H and O–H groups in total. The Morgan fingerprint density at radius 1 is 0.739 bits per heavy atom. The Kier molecular flexibility index (Phi) is 5.00. The van der Waals surface area contributed by atoms with E-state index in [1.165, 1.54) is 0 Å². The molecule has 0 aliphatic carbocycles. The molecule has 0 fully saturated rings. The lowest BCUT2D eigenvalue weighted by atomic mass is 10.2. The number of carbonyl (C=O) groups is 2. The average Bonchev–Trinajstić information content (AvgIpc) is 2.52. The van der Waals surface area contributed by atoms with E-state index in [1.54, 1.807) is 0 Å². The van der Waals surface area contributed by atoms with Gasteiger partial charge in [-0.1, -0.05) is 0 Å². The topological polar surface area (TPSA) is 52.6 Å². The minimum Gasteiger partial charge on any atom is -0.526 e. The molecule has 0 atom stereocenters. The Balaban J connectivity index is 2.12. The highest BCUT2D eigenvalue weighted by molar-refractivity contribution is 6.20. The Bertz CT molecular complexity index is 703. The van der Waals surface area contributed by atoms with Crippen molar-refractivity contribution >= 4 is 20.3 Å². The summed E-state index contributed by atoms with van der Waals surface area (Å²) in [6, 6.07) is 3.45. The summed E-state index contributed by atoms with van der Waals surface area (Å²) < 4.78 is 63.3. The van der Waals surface area contributed by atoms with Gasteiger partial charge in [-0.25, -0.2) is 17.6 Å². The average molecular weight is 326 g/mol. The molecule has 0 aliphatic rings. The van der Waals surface area contributed by atoms with Crippen molar-refractivity contribution in [3.8, 4) is 11.5 Å². The summed E-state index contributed by atoms with van der Waals surface area (Å²) in [6.45, 7) is 0. The van der Waals surface area contributed by atoms with E-state index >= 15 is 0 Å². The fourth-order valence-corrected chi connectivity index (χ4v) is 1.69. The summed E-state index contributed by atoms with van der Waals surface area (Å²) in [5.41, 5.74) is -1.64. The van der Waals surface area contributed by atoms with Gasteiger partial charge < -0.3 is 9.31 Å². The highest BCUT2D eigenvalue weighted by Gasteiger charge is 2.17. The van der Waals surface area contributed by atoms with Crippen LogP contribution in [0.15, 0.2) is 24.3 Å². The summed E-state index contributed by atoms with van der Waals surface area (Å²) in [6.07, 6.45) is -0.0389. The second-order valence-corrected chi connectivity index (χ2v) is 4.19. The fourth-order valence-electron chi connectivity index (χ4n) is 1.69. The van der Waals surface area contributed by atoms with Crippen molar-refractivity contribution in [2.45, 2.75) is 0 Å². The second kappa shape index (κ2) is 6.95. The van der Waals surface area contributed by atoms with Crippen LogP contribution in [0.3, 0.4) is 0 Å². The normalized spacial score (nSPS) is 10.1. The molecule has 0 heterocycles. The highest BCUT2D eigenvalue weighted by Crippen LogP contribution is 2.24. The zero-order valence-electron chi connectivity index (χ0n) is 11.3. The molecule has 0 spiro atoms. The number of hydrogen-bond acceptors (Lipinski definition) is 4. The van der Waals surface area contributed by atoms with Crippen molar-refractivity contribution in [1.82, 2.24) is 0 Å². The van der Waals surface area contributed by atoms with Crippen LogP contribution in [0.1, 0.15) is 20.7 Å². The van der Waals surface area contributed by atoms with E-state index < -0.39 is 53.6 Å². The number of rotatable bonds is 6. The van der Waals surface area contributed by atoms with Crippen LogP contribution in [0.25, 0.3) is 0 Å². The van der Waals surface area contributed by atoms with Crippen LogP contribution in [0.5, 0.6) is 11.5 Å². The molecule has 0 saturated carbocycles. The predicted octanol–water partition coefficient (Wildman–Crippen LogP) is 2.59. The van der Waals surface area contributed by atoms with Gasteiger partial charge in [0.05, 0.1) is 11.1 Å². The number of halogens is 4. The first kappa shape index (κ1) is 16.5. The maximum absolute atomic E-state index is 13.7. The molecule has 0 aromatic heterocycles. The minimum absolute atomic E-state index is 0.0195. The van der Waals surface area contributed by atoms with Gasteiger partial charge in [-0.2, -0.15) is 0 Å². The third-order valence-electron chi connectivity index (χ3n) is 2.85. The van der Waals surface area contributed by atoms with Gasteiger partial charge in [0.15, 0.2) is 24.2 Å². The molecule has 4 nitrogen and oxygen atoms in total. The van der Waals surface area contributed by atoms with Crippen LogP contribution in [0.2, 0.25) is 0 Å². The monoisotopic (exact) mass is 326 g/mol. The summed E-state index contributed by atoms with van der Waals surface area (Å²) in [5.74, 6) is -5.59. The van der Waals surface area contributed by atoms with Gasteiger partial charge in [-0.15, -0.1) is 0 Å². The number of hydrogen-bond donors (Lipinski definition) is 0. The van der Waals surface area contributed by atoms with Gasteiger partial charge in [-0.3, -0.25) is 9.59 Å². The number of aldehydes is 2. The third-order valence-corrected chi connectivity index (χ3v) is 2.85. The quantitative estimate of drug-likeness (QED) is 0.465. The standard InChI is InChI=1S/C14H7BF4O4/c16-9-1-3-11(13(18)7(9)5-20)22-15-23-12-4-2-10(17)8(6-21)14(12)19/h1-6,15H. The number of benzene rings is 2. The third kappa shape index (κ3) is 3.33. The Morgan fingerprint density at radius 3 is 1.48 bits per heavy atom. The zero-order valence-corrected chi connectivity index (χ0v) is 11.3. The van der Waals surface area contributed by atoms with Crippen molar-refractivity contribution in [1.29, 1.82) is 0 Å². The van der Waals surface area contributed by atoms with Crippen LogP contribution in [0.4, 0.5) is 17.6 Å². The predicted molar refractivity (Wildman–Crippen MR) is 71.9 cm³/mol. The lowest BCUT2D eigenvalue weighted by Gasteiger charge is -2.10. The van der Waals surface area contributed by atoms with E-state index in [1.807, 2.05) is 0 Å². The Morgan fingerprint density at radius 2 is 1.13 bits per heavy atom. The molecule has 0 amide bonds. The van der Waals surface area contributed by atoms with E-state index in [2.05, 4.69) is 0 Å². The van der Waals surface area contributed by atoms with Crippen LogP contribution in [-0.4, -0.2) is 20.3 Å². The van der Waals surface area contributed by atoms with E-state index in [0.29, 0.717) is 0 Å². The molecular weight excluding hydrogens is 319 g/mol. The first-order valence-electron chi connectivity index (χ1n) is 6.11. The van der Waals surface area contributed by atoms with E-state index in [9.17, 15) is 27.2 Å². The van der Waals surface area contributed by atoms with Crippen LogP contribution in [0, 0.1) is 23.3 Å². The van der Waals surface area contributed by atoms with Gasteiger partial charge in [0.1, 0.15) is 23.1 Å². The largest absolute Gasteiger partial charge is 0.576 e. The van der Waals surface area contributed by atoms with Gasteiger partial charge >= 0.3 is 7.69 Å². The molecule has 0 unspecified atom stereocenters. The van der Waals surface area contributed by atoms with Gasteiger partial charge in [-0.05, 0) is 24.3 Å². The SMILES string of the molecule is O=Cc1c(F)ccc(OBOc2ccc(F)c(C=O)c2F)c1F. The molecule has 0 saturated heterocycles. The Hall–Kier alpha value is -2.84. The highest BCUT2D eigenvalue weighted by atomic mass is 19.1. The van der Waals surface area contributed by atoms with E-state index in [4.69, 9.17) is 9.31 Å². The summed E-state index contributed by atoms with van der Waals surface area (Å²) >= 11 is 0. The van der Waals surface area contributed by atoms with Crippen molar-refractivity contribution in [3.05, 3.63) is 58.7 Å². The lowest BCUT2D eigenvalue weighted by Crippen LogP contribution is -2.14. The van der Waals surface area contributed by atoms with Crippen LogP contribution in [-0.2, 0) is 0 Å². The van der Waals surface area contributed by atoms with Crippen molar-refractivity contribution in [3.63, 3.8) is 0 Å². The van der Waals surface area contributed by atoms with Crippen LogP contribution < -0.4 is 9.31 Å². The molecule has 23 heavy (non-hydrogen) atoms. The molecule has 2 aromatic rings. The molecule has 2 rings (SSSR count). The maximum Gasteiger partial charge on any atom is 0.576 e. The summed E-state index contributed by atoms with van der Waals surface area (Å²) in [5, 5.41) is 0. The fraction of sp³-hybridized carbons (Fsp3) is 0. The Labute approximate surface area is 127 Å². The molecular formula is C14H7BF4O4. The zero-order chi connectivity index (χ0) is 17.0. The molecule has 0 bridgehead atoms. The molecule has 0 radical (unpaired) electrons. The molecule has 0 aliphatic heterocycles. The van der Waals surface area contributed by atoms with Crippen LogP contribution >= 0.6 is 0 Å². The van der Waals surface area contributed by atoms with Crippen molar-refractivity contribution < 1.29 is 36.5 Å². The minimum atomic E-state index is -1.24. The summed E-state index contributed by atoms with van der Waals surface area (Å²) in [4.78, 5) is 21.1. The number of carbonyl (C=O) groups excluding carboxylic acids is 2. The first-order chi connectivity index (χ1) is 11.0. The molecule has 118 valence electrons. The van der Waals surface area contributed by atoms with Crippen molar-refractivity contribution in [2.75, 3.05) is 0 Å². The van der Waals surface area contributed by atoms with Crippen molar-refractivity contribution in [2.24, 2.45) is 0 Å². The van der Waals surface area contributed by atoms with E-state index in [-0.39, 0.29) is 12.6 Å². The molecule has 9 heteroatoms. The van der Waals surface area contributed by atoms with Gasteiger partial charge in [0.25, 0.3) is 0 Å². The smallest absolute Gasteiger partial charge is 0.526 e. The van der Waals surface area contributed by atoms with Gasteiger partial charge in [0.2, 0.25) is 0 Å².